The summed E-state index contributed by atoms with van der Waals surface area (Å²) in [6.07, 6.45) is -4.67. The normalized spacial score (nSPS) is 11.3. The van der Waals surface area contributed by atoms with E-state index < -0.39 is 30.1 Å². The second-order valence-electron chi connectivity index (χ2n) is 3.20. The molecule has 18 heavy (non-hydrogen) atoms. The fraction of sp³-hybridized carbons (Fsp3) is 0.333. The number of ether oxygens (including phenoxy) is 1. The highest BCUT2D eigenvalue weighted by Gasteiger charge is 2.34. The topological polar surface area (TPSA) is 79.4 Å². The van der Waals surface area contributed by atoms with Crippen molar-refractivity contribution in [2.45, 2.75) is 18.1 Å². The van der Waals surface area contributed by atoms with Crippen LogP contribution in [0.2, 0.25) is 0 Å². The van der Waals surface area contributed by atoms with Crippen molar-refractivity contribution >= 4 is 21.9 Å². The first-order valence-electron chi connectivity index (χ1n) is 4.51. The molecule has 0 spiro atoms. The van der Waals surface area contributed by atoms with Crippen LogP contribution in [-0.4, -0.2) is 22.4 Å². The number of H-pyrrole nitrogens is 1. The molecule has 1 aromatic heterocycles. The Balaban J connectivity index is 3.35. The van der Waals surface area contributed by atoms with Crippen LogP contribution in [0.4, 0.5) is 13.2 Å². The number of halogens is 4. The van der Waals surface area contributed by atoms with Crippen molar-refractivity contribution in [2.75, 3.05) is 0 Å². The fourth-order valence-electron chi connectivity index (χ4n) is 1.28. The predicted octanol–water partition coefficient (Wildman–Crippen LogP) is 1.80. The second-order valence-corrected chi connectivity index (χ2v) is 3.76. The Hall–Kier alpha value is -1.51. The lowest BCUT2D eigenvalue weighted by Crippen LogP contribution is -2.25. The van der Waals surface area contributed by atoms with Gasteiger partial charge in [-0.15, -0.1) is 13.2 Å². The van der Waals surface area contributed by atoms with Crippen LogP contribution in [0.15, 0.2) is 11.0 Å². The van der Waals surface area contributed by atoms with E-state index in [9.17, 15) is 22.8 Å². The number of aromatic amines is 1. The zero-order chi connectivity index (χ0) is 13.9. The van der Waals surface area contributed by atoms with Gasteiger partial charge in [0.2, 0.25) is 0 Å². The number of aromatic nitrogens is 1. The van der Waals surface area contributed by atoms with E-state index in [1.54, 1.807) is 0 Å². The minimum atomic E-state index is -5.06. The molecule has 0 bridgehead atoms. The number of carbonyl (C=O) groups is 1. The van der Waals surface area contributed by atoms with Gasteiger partial charge < -0.3 is 14.8 Å². The molecule has 100 valence electrons. The van der Waals surface area contributed by atoms with Crippen LogP contribution in [0.5, 0.6) is 5.75 Å². The zero-order valence-electron chi connectivity index (χ0n) is 8.68. The van der Waals surface area contributed by atoms with E-state index in [0.717, 1.165) is 6.20 Å². The number of carboxylic acids is 1. The fourth-order valence-corrected chi connectivity index (χ4v) is 1.78. The van der Waals surface area contributed by atoms with Crippen LogP contribution < -0.4 is 10.3 Å². The molecule has 0 atom stereocenters. The smallest absolute Gasteiger partial charge is 0.481 e. The van der Waals surface area contributed by atoms with Gasteiger partial charge in [0.15, 0.2) is 5.75 Å². The number of pyridine rings is 1. The van der Waals surface area contributed by atoms with Gasteiger partial charge in [-0.25, -0.2) is 0 Å². The summed E-state index contributed by atoms with van der Waals surface area (Å²) in [7, 11) is 0. The Morgan fingerprint density at radius 1 is 1.50 bits per heavy atom. The average Bonchev–Trinajstić information content (AvgIpc) is 2.21. The van der Waals surface area contributed by atoms with E-state index >= 15 is 0 Å². The first-order valence-corrected chi connectivity index (χ1v) is 5.63. The van der Waals surface area contributed by atoms with E-state index in [-0.39, 0.29) is 16.5 Å². The van der Waals surface area contributed by atoms with E-state index in [4.69, 9.17) is 5.11 Å². The van der Waals surface area contributed by atoms with Crippen molar-refractivity contribution in [2.24, 2.45) is 0 Å². The molecule has 1 rings (SSSR count). The molecule has 0 radical (unpaired) electrons. The molecule has 0 aliphatic heterocycles. The number of carboxylic acid groups (broad SMARTS) is 1. The van der Waals surface area contributed by atoms with Crippen molar-refractivity contribution in [1.82, 2.24) is 4.98 Å². The molecule has 0 aliphatic carbocycles. The Bertz CT molecular complexity index is 512. The molecule has 9 heteroatoms. The number of nitrogens with one attached hydrogen (secondary N) is 1. The standard InChI is InChI=1S/C9H7BrF3NO4/c10-2-4-3-14-8(17)7(18-9(11,12)13)5(4)1-6(15)16/h3H,1-2H2,(H,14,17)(H,15,16). The van der Waals surface area contributed by atoms with Crippen LogP contribution in [0, 0.1) is 0 Å². The maximum atomic E-state index is 12.1. The van der Waals surface area contributed by atoms with Gasteiger partial charge in [-0.3, -0.25) is 9.59 Å². The minimum Gasteiger partial charge on any atom is -0.481 e. The van der Waals surface area contributed by atoms with Gasteiger partial charge in [0.05, 0.1) is 6.42 Å². The van der Waals surface area contributed by atoms with E-state index in [1.807, 2.05) is 0 Å². The predicted molar refractivity (Wildman–Crippen MR) is 57.7 cm³/mol. The summed E-state index contributed by atoms with van der Waals surface area (Å²) in [5.74, 6) is -2.41. The lowest BCUT2D eigenvalue weighted by molar-refractivity contribution is -0.275. The molecule has 0 saturated carbocycles. The van der Waals surface area contributed by atoms with Crippen molar-refractivity contribution < 1.29 is 27.8 Å². The van der Waals surface area contributed by atoms with Gasteiger partial charge >= 0.3 is 12.3 Å². The Morgan fingerprint density at radius 2 is 2.11 bits per heavy atom. The highest BCUT2D eigenvalue weighted by Crippen LogP contribution is 2.26. The van der Waals surface area contributed by atoms with Gasteiger partial charge in [-0.1, -0.05) is 15.9 Å². The summed E-state index contributed by atoms with van der Waals surface area (Å²) in [4.78, 5) is 23.9. The van der Waals surface area contributed by atoms with Gasteiger partial charge in [-0.05, 0) is 5.56 Å². The molecule has 0 amide bonds. The van der Waals surface area contributed by atoms with E-state index in [0.29, 0.717) is 0 Å². The summed E-state index contributed by atoms with van der Waals surface area (Å²) in [5, 5.41) is 8.72. The van der Waals surface area contributed by atoms with Gasteiger partial charge in [0, 0.05) is 17.1 Å². The molecule has 0 saturated heterocycles. The Morgan fingerprint density at radius 3 is 2.56 bits per heavy atom. The van der Waals surface area contributed by atoms with Gasteiger partial charge in [0.1, 0.15) is 0 Å². The molecule has 5 nitrogen and oxygen atoms in total. The molecular formula is C9H7BrF3NO4. The van der Waals surface area contributed by atoms with E-state index in [2.05, 4.69) is 25.7 Å². The Labute approximate surface area is 107 Å². The molecule has 1 aromatic rings. The SMILES string of the molecule is O=C(O)Cc1c(CBr)c[nH]c(=O)c1OC(F)(F)F. The van der Waals surface area contributed by atoms with Crippen LogP contribution in [0.1, 0.15) is 11.1 Å². The number of aliphatic carboxylic acids is 1. The van der Waals surface area contributed by atoms with Crippen molar-refractivity contribution in [3.8, 4) is 5.75 Å². The van der Waals surface area contributed by atoms with Crippen molar-refractivity contribution in [1.29, 1.82) is 0 Å². The highest BCUT2D eigenvalue weighted by atomic mass is 79.9. The van der Waals surface area contributed by atoms with Crippen molar-refractivity contribution in [3.63, 3.8) is 0 Å². The third-order valence-electron chi connectivity index (χ3n) is 1.94. The molecule has 0 unspecified atom stereocenters. The number of hydrogen-bond donors (Lipinski definition) is 2. The number of hydrogen-bond acceptors (Lipinski definition) is 3. The molecule has 1 heterocycles. The highest BCUT2D eigenvalue weighted by molar-refractivity contribution is 9.08. The molecular weight excluding hydrogens is 323 g/mol. The third-order valence-corrected chi connectivity index (χ3v) is 2.54. The van der Waals surface area contributed by atoms with E-state index in [1.165, 1.54) is 0 Å². The third kappa shape index (κ3) is 3.76. The van der Waals surface area contributed by atoms with Crippen LogP contribution >= 0.6 is 15.9 Å². The molecule has 0 aliphatic rings. The molecule has 0 fully saturated rings. The lowest BCUT2D eigenvalue weighted by atomic mass is 10.1. The maximum absolute atomic E-state index is 12.1. The van der Waals surface area contributed by atoms with Gasteiger partial charge in [-0.2, -0.15) is 0 Å². The molecule has 0 aromatic carbocycles. The summed E-state index contributed by atoms with van der Waals surface area (Å²) in [5.41, 5.74) is -1.23. The van der Waals surface area contributed by atoms with Crippen LogP contribution in [0.3, 0.4) is 0 Å². The zero-order valence-corrected chi connectivity index (χ0v) is 10.3. The lowest BCUT2D eigenvalue weighted by Gasteiger charge is -2.13. The summed E-state index contributed by atoms with van der Waals surface area (Å²) >= 11 is 2.98. The second kappa shape index (κ2) is 5.42. The largest absolute Gasteiger partial charge is 0.573 e. The number of rotatable bonds is 4. The average molecular weight is 330 g/mol. The van der Waals surface area contributed by atoms with Crippen LogP contribution in [0.25, 0.3) is 0 Å². The summed E-state index contributed by atoms with van der Waals surface area (Å²) in [6, 6.07) is 0. The monoisotopic (exact) mass is 329 g/mol. The summed E-state index contributed by atoms with van der Waals surface area (Å²) in [6.45, 7) is 0. The van der Waals surface area contributed by atoms with Crippen molar-refractivity contribution in [3.05, 3.63) is 27.7 Å². The Kier molecular flexibility index (Phi) is 4.38. The maximum Gasteiger partial charge on any atom is 0.573 e. The molecule has 2 N–H and O–H groups in total. The first kappa shape index (κ1) is 14.6. The minimum absolute atomic E-state index is 0.0839. The quantitative estimate of drug-likeness (QED) is 0.825. The summed E-state index contributed by atoms with van der Waals surface area (Å²) < 4.78 is 40.0. The van der Waals surface area contributed by atoms with Crippen LogP contribution in [-0.2, 0) is 16.5 Å². The number of alkyl halides is 4. The first-order chi connectivity index (χ1) is 8.24. The van der Waals surface area contributed by atoms with Gasteiger partial charge in [0.25, 0.3) is 5.56 Å².